The zero-order valence-corrected chi connectivity index (χ0v) is 20.4. The molecule has 36 heavy (non-hydrogen) atoms. The van der Waals surface area contributed by atoms with Crippen LogP contribution in [0.4, 0.5) is 5.82 Å². The summed E-state index contributed by atoms with van der Waals surface area (Å²) in [4.78, 5) is 18.6. The number of rotatable bonds is 7. The second kappa shape index (κ2) is 9.73. The van der Waals surface area contributed by atoms with Crippen molar-refractivity contribution in [1.82, 2.24) is 19.9 Å². The Kier molecular flexibility index (Phi) is 6.32. The van der Waals surface area contributed by atoms with Crippen LogP contribution in [-0.4, -0.2) is 37.1 Å². The van der Waals surface area contributed by atoms with E-state index in [4.69, 9.17) is 19.8 Å². The summed E-state index contributed by atoms with van der Waals surface area (Å²) in [5.41, 5.74) is 4.18. The normalized spacial score (nSPS) is 12.7. The lowest BCUT2D eigenvalue weighted by Crippen LogP contribution is -2.12. The number of fused-ring (bicyclic) bond motifs is 1. The first kappa shape index (κ1) is 23.4. The molecule has 1 unspecified atom stereocenters. The first-order valence-electron chi connectivity index (χ1n) is 11.1. The highest BCUT2D eigenvalue weighted by molar-refractivity contribution is 7.98. The number of nitrogens with zero attached hydrogens (tertiary/aromatic N) is 4. The molecule has 9 heteroatoms. The molecule has 0 saturated carbocycles. The molecule has 0 radical (unpaired) electrons. The summed E-state index contributed by atoms with van der Waals surface area (Å²) in [5.74, 6) is 5.40. The van der Waals surface area contributed by atoms with Gasteiger partial charge in [0.2, 0.25) is 0 Å². The fourth-order valence-electron chi connectivity index (χ4n) is 3.86. The van der Waals surface area contributed by atoms with Crippen molar-refractivity contribution in [3.8, 4) is 28.3 Å². The summed E-state index contributed by atoms with van der Waals surface area (Å²) in [6.07, 6.45) is 4.82. The monoisotopic (exact) mass is 496 g/mol. The first-order valence-corrected chi connectivity index (χ1v) is 12.9. The van der Waals surface area contributed by atoms with Crippen molar-refractivity contribution in [2.45, 2.75) is 11.4 Å². The molecular formula is C27H24N6O2S. The van der Waals surface area contributed by atoms with Crippen LogP contribution in [-0.2, 0) is 16.3 Å². The summed E-state index contributed by atoms with van der Waals surface area (Å²) >= 11 is 0. The highest BCUT2D eigenvalue weighted by atomic mass is 32.2. The highest BCUT2D eigenvalue weighted by Crippen LogP contribution is 2.35. The molecule has 5 rings (SSSR count). The van der Waals surface area contributed by atoms with Crippen LogP contribution in [0, 0.1) is 0 Å². The third-order valence-electron chi connectivity index (χ3n) is 5.66. The van der Waals surface area contributed by atoms with Crippen LogP contribution < -0.4 is 15.2 Å². The van der Waals surface area contributed by atoms with Gasteiger partial charge in [-0.3, -0.25) is 15.1 Å². The van der Waals surface area contributed by atoms with Gasteiger partial charge in [-0.15, -0.1) is 0 Å². The van der Waals surface area contributed by atoms with Crippen molar-refractivity contribution in [3.63, 3.8) is 0 Å². The molecule has 3 aromatic heterocycles. The van der Waals surface area contributed by atoms with Gasteiger partial charge in [0.25, 0.3) is 0 Å². The van der Waals surface area contributed by atoms with E-state index in [0.717, 1.165) is 33.5 Å². The molecule has 8 nitrogen and oxygen atoms in total. The molecule has 5 aromatic rings. The largest absolute Gasteiger partial charge is 0.497 e. The summed E-state index contributed by atoms with van der Waals surface area (Å²) < 4.78 is 17.6. The van der Waals surface area contributed by atoms with Crippen molar-refractivity contribution >= 4 is 32.3 Å². The molecule has 0 aliphatic carbocycles. The van der Waals surface area contributed by atoms with Gasteiger partial charge in [-0.2, -0.15) is 0 Å². The van der Waals surface area contributed by atoms with E-state index in [2.05, 4.69) is 21.2 Å². The molecule has 0 aliphatic heterocycles. The van der Waals surface area contributed by atoms with Crippen LogP contribution in [0.5, 0.6) is 5.75 Å². The highest BCUT2D eigenvalue weighted by Gasteiger charge is 2.16. The van der Waals surface area contributed by atoms with Gasteiger partial charge in [-0.05, 0) is 53.4 Å². The number of ether oxygens (including phenoxy) is 1. The van der Waals surface area contributed by atoms with Gasteiger partial charge in [0.1, 0.15) is 11.6 Å². The molecule has 0 bridgehead atoms. The van der Waals surface area contributed by atoms with Crippen molar-refractivity contribution in [2.24, 2.45) is 5.14 Å². The summed E-state index contributed by atoms with van der Waals surface area (Å²) in [6, 6.07) is 21.2. The summed E-state index contributed by atoms with van der Waals surface area (Å²) in [7, 11) is -1.29. The quantitative estimate of drug-likeness (QED) is 0.322. The maximum atomic E-state index is 12.3. The van der Waals surface area contributed by atoms with Gasteiger partial charge >= 0.3 is 0 Å². The number of hydrogen-bond donors (Lipinski definition) is 2. The number of anilines is 1. The van der Waals surface area contributed by atoms with Crippen LogP contribution in [0.15, 0.2) is 90.2 Å². The Hall–Kier alpha value is -4.34. The van der Waals surface area contributed by atoms with Gasteiger partial charge in [0, 0.05) is 24.2 Å². The number of pyridine rings is 2. The Morgan fingerprint density at radius 1 is 1.00 bits per heavy atom. The maximum absolute atomic E-state index is 12.3. The van der Waals surface area contributed by atoms with Gasteiger partial charge in [0.05, 0.1) is 44.9 Å². The van der Waals surface area contributed by atoms with Crippen LogP contribution in [0.3, 0.4) is 0 Å². The second-order valence-electron chi connectivity index (χ2n) is 8.13. The standard InChI is InChI=1S/C27H24N6O2S/c1-35-21-11-9-18(10-12-21)23-7-5-8-24-25(23)27(31-16-20-6-3-4-13-30-20)33-26(32-24)19-14-22(17-29-15-19)36(2,28)34/h3-15,17H,2,16H2,1H3,(H2,28,34)(H,31,32,33). The number of hydrogen-bond acceptors (Lipinski definition) is 7. The van der Waals surface area contributed by atoms with E-state index in [1.54, 1.807) is 25.6 Å². The minimum atomic E-state index is -2.93. The number of nitrogens with one attached hydrogen (secondary N) is 1. The van der Waals surface area contributed by atoms with Gasteiger partial charge in [-0.1, -0.05) is 30.3 Å². The third kappa shape index (κ3) is 4.88. The second-order valence-corrected chi connectivity index (χ2v) is 10.1. The average molecular weight is 497 g/mol. The Bertz CT molecular complexity index is 1640. The van der Waals surface area contributed by atoms with E-state index in [9.17, 15) is 4.21 Å². The molecule has 0 spiro atoms. The van der Waals surface area contributed by atoms with E-state index in [1.807, 2.05) is 60.7 Å². The maximum Gasteiger partial charge on any atom is 0.163 e. The van der Waals surface area contributed by atoms with Gasteiger partial charge < -0.3 is 10.1 Å². The molecule has 180 valence electrons. The third-order valence-corrected chi connectivity index (χ3v) is 6.68. The average Bonchev–Trinajstić information content (AvgIpc) is 2.91. The van der Waals surface area contributed by atoms with Crippen LogP contribution in [0.25, 0.3) is 33.4 Å². The van der Waals surface area contributed by atoms with Gasteiger partial charge in [-0.25, -0.2) is 14.2 Å². The van der Waals surface area contributed by atoms with Crippen molar-refractivity contribution in [3.05, 3.63) is 91.0 Å². The molecule has 0 aliphatic rings. The van der Waals surface area contributed by atoms with Crippen molar-refractivity contribution < 1.29 is 8.95 Å². The summed E-state index contributed by atoms with van der Waals surface area (Å²) in [6.45, 7) is 0.469. The number of aromatic nitrogens is 4. The molecule has 0 saturated heterocycles. The molecule has 1 atom stereocenters. The van der Waals surface area contributed by atoms with Crippen LogP contribution >= 0.6 is 0 Å². The lowest BCUT2D eigenvalue weighted by atomic mass is 10.0. The molecule has 2 aromatic carbocycles. The van der Waals surface area contributed by atoms with Crippen molar-refractivity contribution in [2.75, 3.05) is 12.4 Å². The molecule has 0 amide bonds. The van der Waals surface area contributed by atoms with E-state index >= 15 is 0 Å². The smallest absolute Gasteiger partial charge is 0.163 e. The predicted molar refractivity (Wildman–Crippen MR) is 144 cm³/mol. The minimum Gasteiger partial charge on any atom is -0.497 e. The molecular weight excluding hydrogens is 472 g/mol. The fourth-order valence-corrected chi connectivity index (χ4v) is 4.42. The zero-order valence-electron chi connectivity index (χ0n) is 19.6. The van der Waals surface area contributed by atoms with Gasteiger partial charge in [0.15, 0.2) is 5.82 Å². The fraction of sp³-hybridized carbons (Fsp3) is 0.0741. The van der Waals surface area contributed by atoms with E-state index in [0.29, 0.717) is 28.6 Å². The van der Waals surface area contributed by atoms with Crippen LogP contribution in [0.2, 0.25) is 0 Å². The minimum absolute atomic E-state index is 0.332. The molecule has 3 heterocycles. The van der Waals surface area contributed by atoms with E-state index < -0.39 is 9.71 Å². The zero-order chi connectivity index (χ0) is 25.1. The first-order chi connectivity index (χ1) is 17.4. The van der Waals surface area contributed by atoms with E-state index in [-0.39, 0.29) is 0 Å². The predicted octanol–water partition coefficient (Wildman–Crippen LogP) is 4.32. The topological polar surface area (TPSA) is 116 Å². The Labute approximate surface area is 209 Å². The SMILES string of the molecule is C=S(N)(=O)c1cncc(-c2nc(NCc3ccccn3)c3c(-c4ccc(OC)cc4)cccc3n2)c1. The number of methoxy groups -OCH3 is 1. The lowest BCUT2D eigenvalue weighted by Gasteiger charge is -2.15. The number of nitrogens with two attached hydrogens (primary N) is 1. The number of benzene rings is 2. The van der Waals surface area contributed by atoms with Crippen molar-refractivity contribution in [1.29, 1.82) is 0 Å². The molecule has 3 N–H and O–H groups in total. The Morgan fingerprint density at radius 2 is 1.83 bits per heavy atom. The molecule has 0 fully saturated rings. The van der Waals surface area contributed by atoms with E-state index in [1.165, 1.54) is 6.20 Å². The lowest BCUT2D eigenvalue weighted by molar-refractivity contribution is 0.415. The Balaban J connectivity index is 1.68. The Morgan fingerprint density at radius 3 is 2.56 bits per heavy atom. The van der Waals surface area contributed by atoms with Crippen LogP contribution in [0.1, 0.15) is 5.69 Å². The summed E-state index contributed by atoms with van der Waals surface area (Å²) in [5, 5.41) is 10.1.